The number of nitrogens with one attached hydrogen (secondary N) is 2. The minimum atomic E-state index is -1.36. The third kappa shape index (κ3) is 6.93. The Balaban J connectivity index is 2.03. The molecule has 0 aliphatic heterocycles. The fourth-order valence-electron chi connectivity index (χ4n) is 3.99. The topological polar surface area (TPSA) is 128 Å². The maximum absolute atomic E-state index is 13.8. The number of hydrogen-bond donors (Lipinski definition) is 4. The fraction of sp³-hybridized carbons (Fsp3) is 0.444. The third-order valence-electron chi connectivity index (χ3n) is 5.93. The average Bonchev–Trinajstić information content (AvgIpc) is 3.64. The van der Waals surface area contributed by atoms with Crippen molar-refractivity contribution in [2.24, 2.45) is 0 Å². The number of phenolic OH excluding ortho intramolecular Hbond substituents is 1. The minimum absolute atomic E-state index is 0.127. The zero-order chi connectivity index (χ0) is 27.5. The van der Waals surface area contributed by atoms with Gasteiger partial charge in [-0.15, -0.1) is 0 Å². The first kappa shape index (κ1) is 28.3. The molecule has 3 rings (SSSR count). The molecule has 1 saturated carbocycles. The van der Waals surface area contributed by atoms with Crippen molar-refractivity contribution in [2.75, 3.05) is 11.9 Å². The number of hydrogen-bond acceptors (Lipinski definition) is 6. The van der Waals surface area contributed by atoms with E-state index in [1.807, 2.05) is 0 Å². The van der Waals surface area contributed by atoms with Crippen LogP contribution in [0.25, 0.3) is 0 Å². The Morgan fingerprint density at radius 2 is 1.73 bits per heavy atom. The molecular weight excluding hydrogens is 498 g/mol. The van der Waals surface area contributed by atoms with Gasteiger partial charge in [-0.05, 0) is 64.7 Å². The van der Waals surface area contributed by atoms with Gasteiger partial charge in [0, 0.05) is 11.6 Å². The molecule has 9 nitrogen and oxygen atoms in total. The number of halogens is 1. The summed E-state index contributed by atoms with van der Waals surface area (Å²) in [5.41, 5.74) is 1.04. The number of aliphatic hydroxyl groups is 1. The summed E-state index contributed by atoms with van der Waals surface area (Å²) in [5, 5.41) is 26.5. The summed E-state index contributed by atoms with van der Waals surface area (Å²) < 4.78 is 5.24. The number of para-hydroxylation sites is 2. The molecule has 0 heterocycles. The maximum Gasteiger partial charge on any atom is 0.408 e. The number of benzene rings is 2. The first-order valence-corrected chi connectivity index (χ1v) is 12.5. The standard InChI is InChI=1S/C27H34ClN3O6/c1-15-8-7-11-19(28)21(15)30-24(34)22(18-10-6-9-16(2)23(18)33)31(17-12-13-17)25(35)20(14-32)29-26(36)37-27(3,4)5/h6-11,17,20,22,32-33H,12-14H2,1-5H3,(H,29,36)(H,30,34). The molecule has 200 valence electrons. The van der Waals surface area contributed by atoms with E-state index in [9.17, 15) is 24.6 Å². The van der Waals surface area contributed by atoms with Gasteiger partial charge in [0.25, 0.3) is 5.91 Å². The molecule has 10 heteroatoms. The number of aromatic hydroxyl groups is 1. The lowest BCUT2D eigenvalue weighted by atomic mass is 9.98. The normalized spacial score (nSPS) is 14.9. The highest BCUT2D eigenvalue weighted by Crippen LogP contribution is 2.40. The number of anilines is 1. The first-order valence-electron chi connectivity index (χ1n) is 12.1. The van der Waals surface area contributed by atoms with Gasteiger partial charge in [0.15, 0.2) is 0 Å². The quantitative estimate of drug-likeness (QED) is 0.404. The van der Waals surface area contributed by atoms with Gasteiger partial charge in [0.05, 0.1) is 17.3 Å². The highest BCUT2D eigenvalue weighted by Gasteiger charge is 2.45. The van der Waals surface area contributed by atoms with E-state index < -0.39 is 42.2 Å². The largest absolute Gasteiger partial charge is 0.507 e. The zero-order valence-corrected chi connectivity index (χ0v) is 22.4. The molecule has 1 aliphatic rings. The van der Waals surface area contributed by atoms with E-state index in [2.05, 4.69) is 10.6 Å². The van der Waals surface area contributed by atoms with Gasteiger partial charge in [-0.1, -0.05) is 41.9 Å². The number of alkyl carbamates (subject to hydrolysis) is 1. The molecule has 2 atom stereocenters. The van der Waals surface area contributed by atoms with Crippen LogP contribution in [0, 0.1) is 13.8 Å². The molecule has 3 amide bonds. The monoisotopic (exact) mass is 531 g/mol. The van der Waals surface area contributed by atoms with Crippen molar-refractivity contribution in [3.8, 4) is 5.75 Å². The van der Waals surface area contributed by atoms with Crippen LogP contribution in [-0.4, -0.2) is 57.3 Å². The lowest BCUT2D eigenvalue weighted by Gasteiger charge is -2.34. The molecule has 0 radical (unpaired) electrons. The van der Waals surface area contributed by atoms with Gasteiger partial charge in [0.1, 0.15) is 23.4 Å². The van der Waals surface area contributed by atoms with Crippen LogP contribution in [0.15, 0.2) is 36.4 Å². The number of carbonyl (C=O) groups excluding carboxylic acids is 3. The predicted molar refractivity (Wildman–Crippen MR) is 141 cm³/mol. The molecule has 2 unspecified atom stereocenters. The average molecular weight is 532 g/mol. The van der Waals surface area contributed by atoms with Crippen molar-refractivity contribution in [1.29, 1.82) is 0 Å². The van der Waals surface area contributed by atoms with E-state index in [1.54, 1.807) is 71.0 Å². The van der Waals surface area contributed by atoms with Gasteiger partial charge in [-0.25, -0.2) is 4.79 Å². The lowest BCUT2D eigenvalue weighted by Crippen LogP contribution is -2.54. The van der Waals surface area contributed by atoms with Crippen LogP contribution >= 0.6 is 11.6 Å². The lowest BCUT2D eigenvalue weighted by molar-refractivity contribution is -0.142. The molecule has 1 fully saturated rings. The second-order valence-electron chi connectivity index (χ2n) is 10.2. The van der Waals surface area contributed by atoms with E-state index in [4.69, 9.17) is 16.3 Å². The van der Waals surface area contributed by atoms with Crippen LogP contribution < -0.4 is 10.6 Å². The van der Waals surface area contributed by atoms with Gasteiger partial charge in [0.2, 0.25) is 5.91 Å². The van der Waals surface area contributed by atoms with E-state index in [0.29, 0.717) is 29.1 Å². The first-order chi connectivity index (χ1) is 17.3. The SMILES string of the molecule is Cc1cccc(C(C(=O)Nc2c(C)cccc2Cl)N(C(=O)C(CO)NC(=O)OC(C)(C)C)C2CC2)c1O. The minimum Gasteiger partial charge on any atom is -0.507 e. The number of phenols is 1. The Kier molecular flexibility index (Phi) is 8.71. The molecule has 1 aliphatic carbocycles. The van der Waals surface area contributed by atoms with Crippen LogP contribution in [-0.2, 0) is 14.3 Å². The summed E-state index contributed by atoms with van der Waals surface area (Å²) in [7, 11) is 0. The van der Waals surface area contributed by atoms with Crippen LogP contribution in [0.4, 0.5) is 10.5 Å². The number of carbonyl (C=O) groups is 3. The summed E-state index contributed by atoms with van der Waals surface area (Å²) in [4.78, 5) is 41.3. The van der Waals surface area contributed by atoms with Crippen LogP contribution in [0.3, 0.4) is 0 Å². The number of aliphatic hydroxyl groups excluding tert-OH is 1. The summed E-state index contributed by atoms with van der Waals surface area (Å²) in [5.74, 6) is -1.39. The summed E-state index contributed by atoms with van der Waals surface area (Å²) in [6.07, 6.45) is 0.372. The number of amides is 3. The Hall–Kier alpha value is -3.30. The van der Waals surface area contributed by atoms with Crippen LogP contribution in [0.1, 0.15) is 56.3 Å². The summed E-state index contributed by atoms with van der Waals surface area (Å²) >= 11 is 6.34. The highest BCUT2D eigenvalue weighted by molar-refractivity contribution is 6.34. The van der Waals surface area contributed by atoms with Crippen LogP contribution in [0.5, 0.6) is 5.75 Å². The second kappa shape index (κ2) is 11.4. The summed E-state index contributed by atoms with van der Waals surface area (Å²) in [6.45, 7) is 7.80. The number of ether oxygens (including phenoxy) is 1. The van der Waals surface area contributed by atoms with Crippen molar-refractivity contribution >= 4 is 35.2 Å². The Morgan fingerprint density at radius 1 is 1.11 bits per heavy atom. The number of nitrogens with zero attached hydrogens (tertiary/aromatic N) is 1. The molecular formula is C27H34ClN3O6. The molecule has 0 aromatic heterocycles. The maximum atomic E-state index is 13.8. The van der Waals surface area contributed by atoms with E-state index in [1.165, 1.54) is 4.90 Å². The highest BCUT2D eigenvalue weighted by atomic mass is 35.5. The third-order valence-corrected chi connectivity index (χ3v) is 6.24. The van der Waals surface area contributed by atoms with Crippen molar-refractivity contribution in [1.82, 2.24) is 10.2 Å². The van der Waals surface area contributed by atoms with E-state index in [-0.39, 0.29) is 17.4 Å². The van der Waals surface area contributed by atoms with E-state index in [0.717, 1.165) is 5.56 Å². The number of rotatable bonds is 8. The van der Waals surface area contributed by atoms with Gasteiger partial charge in [-0.3, -0.25) is 9.59 Å². The molecule has 2 aromatic carbocycles. The fourth-order valence-corrected chi connectivity index (χ4v) is 4.26. The van der Waals surface area contributed by atoms with E-state index >= 15 is 0 Å². The Morgan fingerprint density at radius 3 is 2.30 bits per heavy atom. The van der Waals surface area contributed by atoms with Crippen molar-refractivity contribution in [2.45, 2.75) is 71.2 Å². The molecule has 2 aromatic rings. The molecule has 4 N–H and O–H groups in total. The molecule has 0 bridgehead atoms. The van der Waals surface area contributed by atoms with Gasteiger partial charge >= 0.3 is 6.09 Å². The van der Waals surface area contributed by atoms with Crippen LogP contribution in [0.2, 0.25) is 5.02 Å². The second-order valence-corrected chi connectivity index (χ2v) is 10.6. The van der Waals surface area contributed by atoms with Crippen molar-refractivity contribution in [3.63, 3.8) is 0 Å². The predicted octanol–water partition coefficient (Wildman–Crippen LogP) is 4.22. The van der Waals surface area contributed by atoms with Gasteiger partial charge in [-0.2, -0.15) is 0 Å². The van der Waals surface area contributed by atoms with Crippen molar-refractivity contribution < 1.29 is 29.3 Å². The van der Waals surface area contributed by atoms with Gasteiger partial charge < -0.3 is 30.5 Å². The molecule has 0 spiro atoms. The smallest absolute Gasteiger partial charge is 0.408 e. The summed E-state index contributed by atoms with van der Waals surface area (Å²) in [6, 6.07) is 7.18. The Labute approximate surface area is 221 Å². The van der Waals surface area contributed by atoms with Crippen molar-refractivity contribution in [3.05, 3.63) is 58.1 Å². The number of aryl methyl sites for hydroxylation is 2. The molecule has 0 saturated heterocycles. The Bertz CT molecular complexity index is 1150. The zero-order valence-electron chi connectivity index (χ0n) is 21.7. The molecule has 37 heavy (non-hydrogen) atoms.